The van der Waals surface area contributed by atoms with Gasteiger partial charge in [-0.05, 0) is 49.8 Å². The van der Waals surface area contributed by atoms with Crippen LogP contribution in [0.3, 0.4) is 0 Å². The van der Waals surface area contributed by atoms with Gasteiger partial charge in [0.25, 0.3) is 0 Å². The van der Waals surface area contributed by atoms with Crippen molar-refractivity contribution in [1.82, 2.24) is 0 Å². The lowest BCUT2D eigenvalue weighted by Gasteiger charge is -2.57. The number of aliphatic hydroxyl groups excluding tert-OH is 1. The lowest BCUT2D eigenvalue weighted by molar-refractivity contribution is -0.381. The van der Waals surface area contributed by atoms with Crippen LogP contribution in [0.1, 0.15) is 71.3 Å². The smallest absolute Gasteiger partial charge is 0.309 e. The van der Waals surface area contributed by atoms with Crippen molar-refractivity contribution in [3.8, 4) is 5.75 Å². The van der Waals surface area contributed by atoms with Gasteiger partial charge in [0.1, 0.15) is 18.0 Å². The molecular weight excluding hydrogens is 452 g/mol. The zero-order chi connectivity index (χ0) is 25.2. The third-order valence-electron chi connectivity index (χ3n) is 7.90. The normalized spacial score (nSPS) is 35.3. The molecule has 1 spiro atoms. The van der Waals surface area contributed by atoms with E-state index in [2.05, 4.69) is 13.8 Å². The topological polar surface area (TPSA) is 112 Å². The van der Waals surface area contributed by atoms with E-state index in [4.69, 9.17) is 18.9 Å². The second-order valence-electron chi connectivity index (χ2n) is 10.9. The van der Waals surface area contributed by atoms with Gasteiger partial charge in [0.2, 0.25) is 0 Å². The maximum atomic E-state index is 12.8. The van der Waals surface area contributed by atoms with Crippen molar-refractivity contribution in [3.63, 3.8) is 0 Å². The van der Waals surface area contributed by atoms with Crippen LogP contribution in [0.25, 0.3) is 0 Å². The van der Waals surface area contributed by atoms with Gasteiger partial charge in [0.15, 0.2) is 5.79 Å². The van der Waals surface area contributed by atoms with Crippen LogP contribution in [0.15, 0.2) is 24.3 Å². The number of rotatable bonds is 5. The third-order valence-corrected chi connectivity index (χ3v) is 7.90. The minimum atomic E-state index is -0.987. The molecule has 0 radical (unpaired) electrons. The Bertz CT molecular complexity index is 914. The lowest BCUT2D eigenvalue weighted by atomic mass is 9.70. The fourth-order valence-electron chi connectivity index (χ4n) is 5.60. The number of carbonyl (C=O) groups excluding carboxylic acids is 2. The van der Waals surface area contributed by atoms with Gasteiger partial charge in [-0.3, -0.25) is 9.59 Å². The molecule has 1 aromatic rings. The molecule has 4 rings (SSSR count). The number of hydrogen-bond donors (Lipinski definition) is 2. The van der Waals surface area contributed by atoms with Gasteiger partial charge in [0.05, 0.1) is 31.7 Å². The zero-order valence-electron chi connectivity index (χ0n) is 20.9. The summed E-state index contributed by atoms with van der Waals surface area (Å²) in [6, 6.07) is 7.25. The molecule has 3 aliphatic heterocycles. The zero-order valence-corrected chi connectivity index (χ0v) is 20.9. The Balaban J connectivity index is 1.57. The van der Waals surface area contributed by atoms with Crippen LogP contribution in [0, 0.1) is 11.3 Å². The number of cyclic esters (lactones) is 1. The first-order valence-corrected chi connectivity index (χ1v) is 12.7. The molecule has 6 atom stereocenters. The first-order valence-electron chi connectivity index (χ1n) is 12.7. The molecule has 8 nitrogen and oxygen atoms in total. The van der Waals surface area contributed by atoms with E-state index in [0.29, 0.717) is 12.8 Å². The Labute approximate surface area is 206 Å². The fraction of sp³-hybridized carbons (Fsp3) is 0.704. The Hall–Kier alpha value is -2.16. The molecule has 3 heterocycles. The summed E-state index contributed by atoms with van der Waals surface area (Å²) >= 11 is 0. The van der Waals surface area contributed by atoms with Gasteiger partial charge in [0, 0.05) is 17.8 Å². The van der Waals surface area contributed by atoms with Gasteiger partial charge in [-0.2, -0.15) is 0 Å². The molecule has 2 N–H and O–H groups in total. The van der Waals surface area contributed by atoms with Crippen molar-refractivity contribution in [2.45, 2.75) is 102 Å². The van der Waals surface area contributed by atoms with Gasteiger partial charge in [-0.15, -0.1) is 0 Å². The third kappa shape index (κ3) is 5.81. The first-order chi connectivity index (χ1) is 16.6. The molecular formula is C27H38O8. The van der Waals surface area contributed by atoms with Crippen molar-refractivity contribution < 1.29 is 38.7 Å². The molecule has 3 aliphatic rings. The summed E-state index contributed by atoms with van der Waals surface area (Å²) in [6.07, 6.45) is 2.18. The van der Waals surface area contributed by atoms with E-state index in [0.717, 1.165) is 31.2 Å². The van der Waals surface area contributed by atoms with Crippen LogP contribution in [0.4, 0.5) is 0 Å². The van der Waals surface area contributed by atoms with Gasteiger partial charge in [-0.1, -0.05) is 32.9 Å². The van der Waals surface area contributed by atoms with E-state index in [9.17, 15) is 19.8 Å². The number of ether oxygens (including phenoxy) is 4. The Morgan fingerprint density at radius 3 is 2.60 bits per heavy atom. The summed E-state index contributed by atoms with van der Waals surface area (Å²) in [5, 5.41) is 19.4. The average Bonchev–Trinajstić information content (AvgIpc) is 2.78. The number of carbonyl (C=O) groups is 2. The summed E-state index contributed by atoms with van der Waals surface area (Å²) < 4.78 is 24.6. The Kier molecular flexibility index (Phi) is 7.74. The van der Waals surface area contributed by atoms with Crippen molar-refractivity contribution in [2.75, 3.05) is 6.61 Å². The van der Waals surface area contributed by atoms with Gasteiger partial charge in [-0.25, -0.2) is 0 Å². The largest absolute Gasteiger partial charge is 0.508 e. The molecule has 0 aromatic heterocycles. The summed E-state index contributed by atoms with van der Waals surface area (Å²) in [5.41, 5.74) is 0.704. The van der Waals surface area contributed by atoms with E-state index in [1.54, 1.807) is 12.1 Å². The molecule has 1 aromatic carbocycles. The Morgan fingerprint density at radius 2 is 1.86 bits per heavy atom. The number of esters is 2. The standard InChI is InChI=1S/C27H38O8/c1-17-22(9-5-7-18-6-4-8-19(29)12-18)35-27-15-23(17)33-25(31)14-21(16-28)32-24(30)13-20(34-27)10-11-26(27,2)3/h4,6,8,12,17,20-23,28-29H,5,7,9-11,13-16H2,1-3H3/t17-,20-,21-,22-,23+,27-/m1/s1. The number of aryl methyl sites for hydroxylation is 1. The highest BCUT2D eigenvalue weighted by Crippen LogP contribution is 2.53. The van der Waals surface area contributed by atoms with Crippen LogP contribution in [0.2, 0.25) is 0 Å². The minimum Gasteiger partial charge on any atom is -0.508 e. The number of aliphatic hydroxyl groups is 1. The van der Waals surface area contributed by atoms with E-state index in [1.807, 2.05) is 19.1 Å². The quantitative estimate of drug-likeness (QED) is 0.602. The van der Waals surface area contributed by atoms with Crippen molar-refractivity contribution >= 4 is 11.9 Å². The Morgan fingerprint density at radius 1 is 1.09 bits per heavy atom. The van der Waals surface area contributed by atoms with Crippen LogP contribution >= 0.6 is 0 Å². The van der Waals surface area contributed by atoms with Crippen LogP contribution < -0.4 is 0 Å². The summed E-state index contributed by atoms with van der Waals surface area (Å²) in [4.78, 5) is 25.3. The van der Waals surface area contributed by atoms with Gasteiger partial charge >= 0.3 is 11.9 Å². The van der Waals surface area contributed by atoms with Crippen molar-refractivity contribution in [2.24, 2.45) is 11.3 Å². The average molecular weight is 491 g/mol. The van der Waals surface area contributed by atoms with Crippen LogP contribution in [0.5, 0.6) is 5.75 Å². The molecule has 3 bridgehead atoms. The SMILES string of the molecule is C[C@H]1[C@@H]2C[C@@]3(O[C@H](CCC3(C)C)CC(=O)O[C@@H](CO)CC(=O)O2)O[C@@H]1CCCc1cccc(O)c1. The fourth-order valence-corrected chi connectivity index (χ4v) is 5.60. The van der Waals surface area contributed by atoms with Crippen LogP contribution in [-0.2, 0) is 35.0 Å². The number of phenolic OH excluding ortho intramolecular Hbond substituents is 1. The predicted octanol–water partition coefficient (Wildman–Crippen LogP) is 3.65. The molecule has 35 heavy (non-hydrogen) atoms. The number of aromatic hydroxyl groups is 1. The second kappa shape index (κ2) is 10.4. The van der Waals surface area contributed by atoms with Crippen molar-refractivity contribution in [1.29, 1.82) is 0 Å². The highest BCUT2D eigenvalue weighted by Gasteiger charge is 2.58. The highest BCUT2D eigenvalue weighted by atomic mass is 16.7. The second-order valence-corrected chi connectivity index (χ2v) is 10.9. The molecule has 3 saturated heterocycles. The molecule has 194 valence electrons. The molecule has 0 amide bonds. The maximum Gasteiger partial charge on any atom is 0.309 e. The lowest BCUT2D eigenvalue weighted by Crippen LogP contribution is -2.63. The molecule has 0 unspecified atom stereocenters. The van der Waals surface area contributed by atoms with Gasteiger partial charge < -0.3 is 29.2 Å². The van der Waals surface area contributed by atoms with E-state index in [1.165, 1.54) is 0 Å². The summed E-state index contributed by atoms with van der Waals surface area (Å²) in [6.45, 7) is 5.80. The number of fused-ring (bicyclic) bond motifs is 2. The number of phenols is 1. The molecule has 0 aliphatic carbocycles. The van der Waals surface area contributed by atoms with E-state index in [-0.39, 0.29) is 42.1 Å². The maximum absolute atomic E-state index is 12.8. The number of hydrogen-bond acceptors (Lipinski definition) is 8. The number of benzene rings is 1. The predicted molar refractivity (Wildman–Crippen MR) is 126 cm³/mol. The van der Waals surface area contributed by atoms with E-state index < -0.39 is 36.5 Å². The first kappa shape index (κ1) is 25.9. The summed E-state index contributed by atoms with van der Waals surface area (Å²) in [7, 11) is 0. The molecule has 8 heteroatoms. The molecule has 3 fully saturated rings. The van der Waals surface area contributed by atoms with Crippen LogP contribution in [-0.4, -0.2) is 59.0 Å². The molecule has 0 saturated carbocycles. The highest BCUT2D eigenvalue weighted by molar-refractivity contribution is 5.73. The monoisotopic (exact) mass is 490 g/mol. The minimum absolute atomic E-state index is 0.0507. The van der Waals surface area contributed by atoms with Crippen molar-refractivity contribution in [3.05, 3.63) is 29.8 Å². The van der Waals surface area contributed by atoms with E-state index >= 15 is 0 Å². The summed E-state index contributed by atoms with van der Waals surface area (Å²) in [5.74, 6) is -1.80.